The van der Waals surface area contributed by atoms with Crippen molar-refractivity contribution in [3.05, 3.63) is 34.4 Å². The molecule has 0 fully saturated rings. The van der Waals surface area contributed by atoms with Gasteiger partial charge in [-0.2, -0.15) is 0 Å². The van der Waals surface area contributed by atoms with Crippen molar-refractivity contribution in [2.24, 2.45) is 0 Å². The summed E-state index contributed by atoms with van der Waals surface area (Å²) >= 11 is 0. The molecule has 2 nitrogen and oxygen atoms in total. The highest BCUT2D eigenvalue weighted by Gasteiger charge is 2.05. The Morgan fingerprint density at radius 2 is 1.75 bits per heavy atom. The predicted octanol–water partition coefficient (Wildman–Crippen LogP) is 3.03. The first-order valence-electron chi connectivity index (χ1n) is 5.88. The van der Waals surface area contributed by atoms with E-state index in [9.17, 15) is 4.79 Å². The Morgan fingerprint density at radius 3 is 2.25 bits per heavy atom. The maximum atomic E-state index is 11.4. The average molecular weight is 219 g/mol. The molecule has 0 spiro atoms. The molecule has 1 aromatic carbocycles. The van der Waals surface area contributed by atoms with Crippen molar-refractivity contribution in [3.8, 4) is 0 Å². The summed E-state index contributed by atoms with van der Waals surface area (Å²) < 4.78 is 0. The van der Waals surface area contributed by atoms with Crippen LogP contribution in [0.15, 0.2) is 12.1 Å². The Morgan fingerprint density at radius 1 is 1.19 bits per heavy atom. The standard InChI is InChI=1S/C14H21NO/c1-5-6-14(16)15-9-13-11(3)7-10(2)8-12(13)4/h7-8H,5-6,9H2,1-4H3,(H,15,16). The third kappa shape index (κ3) is 3.37. The predicted molar refractivity (Wildman–Crippen MR) is 67.4 cm³/mol. The summed E-state index contributed by atoms with van der Waals surface area (Å²) in [6.45, 7) is 8.96. The third-order valence-electron chi connectivity index (χ3n) is 2.78. The van der Waals surface area contributed by atoms with Gasteiger partial charge in [0, 0.05) is 13.0 Å². The van der Waals surface area contributed by atoms with Gasteiger partial charge in [0.15, 0.2) is 0 Å². The van der Waals surface area contributed by atoms with Crippen molar-refractivity contribution >= 4 is 5.91 Å². The lowest BCUT2D eigenvalue weighted by molar-refractivity contribution is -0.121. The fraction of sp³-hybridized carbons (Fsp3) is 0.500. The average Bonchev–Trinajstić information content (AvgIpc) is 2.16. The number of aryl methyl sites for hydroxylation is 3. The Bertz CT molecular complexity index is 359. The first kappa shape index (κ1) is 12.8. The van der Waals surface area contributed by atoms with Gasteiger partial charge in [0.1, 0.15) is 0 Å². The molecule has 16 heavy (non-hydrogen) atoms. The fourth-order valence-corrected chi connectivity index (χ4v) is 1.99. The molecule has 0 radical (unpaired) electrons. The molecule has 0 unspecified atom stereocenters. The molecule has 0 aliphatic carbocycles. The van der Waals surface area contributed by atoms with Crippen LogP contribution in [-0.4, -0.2) is 5.91 Å². The summed E-state index contributed by atoms with van der Waals surface area (Å²) in [7, 11) is 0. The molecular formula is C14H21NO. The van der Waals surface area contributed by atoms with Crippen molar-refractivity contribution in [3.63, 3.8) is 0 Å². The second-order valence-electron chi connectivity index (χ2n) is 4.40. The van der Waals surface area contributed by atoms with Gasteiger partial charge in [-0.25, -0.2) is 0 Å². The van der Waals surface area contributed by atoms with Gasteiger partial charge in [-0.3, -0.25) is 4.79 Å². The van der Waals surface area contributed by atoms with E-state index in [0.29, 0.717) is 13.0 Å². The van der Waals surface area contributed by atoms with Crippen molar-refractivity contribution in [2.75, 3.05) is 0 Å². The van der Waals surface area contributed by atoms with Crippen molar-refractivity contribution < 1.29 is 4.79 Å². The summed E-state index contributed by atoms with van der Waals surface area (Å²) in [6.07, 6.45) is 1.52. The number of rotatable bonds is 4. The maximum Gasteiger partial charge on any atom is 0.220 e. The van der Waals surface area contributed by atoms with Gasteiger partial charge in [-0.15, -0.1) is 0 Å². The van der Waals surface area contributed by atoms with Gasteiger partial charge in [-0.1, -0.05) is 24.6 Å². The lowest BCUT2D eigenvalue weighted by atomic mass is 10.00. The number of benzene rings is 1. The Balaban J connectivity index is 2.70. The Kier molecular flexibility index (Phi) is 4.53. The van der Waals surface area contributed by atoms with Crippen LogP contribution in [0, 0.1) is 20.8 Å². The number of hydrogen-bond acceptors (Lipinski definition) is 1. The van der Waals surface area contributed by atoms with Gasteiger partial charge in [0.05, 0.1) is 0 Å². The second-order valence-corrected chi connectivity index (χ2v) is 4.40. The van der Waals surface area contributed by atoms with Crippen LogP contribution in [-0.2, 0) is 11.3 Å². The molecule has 0 saturated heterocycles. The zero-order valence-corrected chi connectivity index (χ0v) is 10.7. The van der Waals surface area contributed by atoms with Gasteiger partial charge in [0.2, 0.25) is 5.91 Å². The normalized spacial score (nSPS) is 10.2. The van der Waals surface area contributed by atoms with E-state index in [4.69, 9.17) is 0 Å². The topological polar surface area (TPSA) is 29.1 Å². The highest BCUT2D eigenvalue weighted by atomic mass is 16.1. The zero-order valence-electron chi connectivity index (χ0n) is 10.7. The van der Waals surface area contributed by atoms with E-state index in [0.717, 1.165) is 6.42 Å². The molecule has 0 aliphatic heterocycles. The minimum absolute atomic E-state index is 0.141. The SMILES string of the molecule is CCCC(=O)NCc1c(C)cc(C)cc1C. The smallest absolute Gasteiger partial charge is 0.220 e. The zero-order chi connectivity index (χ0) is 12.1. The van der Waals surface area contributed by atoms with E-state index >= 15 is 0 Å². The molecule has 88 valence electrons. The Hall–Kier alpha value is -1.31. The quantitative estimate of drug-likeness (QED) is 0.828. The fourth-order valence-electron chi connectivity index (χ4n) is 1.99. The molecule has 0 bridgehead atoms. The number of hydrogen-bond donors (Lipinski definition) is 1. The van der Waals surface area contributed by atoms with Crippen LogP contribution in [0.4, 0.5) is 0 Å². The van der Waals surface area contributed by atoms with Crippen LogP contribution < -0.4 is 5.32 Å². The molecule has 1 amide bonds. The van der Waals surface area contributed by atoms with Crippen LogP contribution in [0.25, 0.3) is 0 Å². The molecule has 0 atom stereocenters. The molecular weight excluding hydrogens is 198 g/mol. The first-order chi connectivity index (χ1) is 7.54. The minimum Gasteiger partial charge on any atom is -0.352 e. The molecule has 0 aromatic heterocycles. The van der Waals surface area contributed by atoms with Crippen LogP contribution in [0.3, 0.4) is 0 Å². The monoisotopic (exact) mass is 219 g/mol. The number of carbonyl (C=O) groups excluding carboxylic acids is 1. The van der Waals surface area contributed by atoms with Crippen molar-refractivity contribution in [2.45, 2.75) is 47.1 Å². The van der Waals surface area contributed by atoms with E-state index in [2.05, 4.69) is 38.2 Å². The summed E-state index contributed by atoms with van der Waals surface area (Å²) in [5.74, 6) is 0.141. The van der Waals surface area contributed by atoms with Crippen LogP contribution in [0.5, 0.6) is 0 Å². The highest BCUT2D eigenvalue weighted by molar-refractivity contribution is 5.75. The van der Waals surface area contributed by atoms with Crippen LogP contribution in [0.1, 0.15) is 42.0 Å². The number of amides is 1. The van der Waals surface area contributed by atoms with E-state index in [-0.39, 0.29) is 5.91 Å². The molecule has 0 aliphatic rings. The lowest BCUT2D eigenvalue weighted by Gasteiger charge is -2.12. The van der Waals surface area contributed by atoms with Crippen LogP contribution in [0.2, 0.25) is 0 Å². The van der Waals surface area contributed by atoms with E-state index in [1.54, 1.807) is 0 Å². The molecule has 1 N–H and O–H groups in total. The lowest BCUT2D eigenvalue weighted by Crippen LogP contribution is -2.23. The third-order valence-corrected chi connectivity index (χ3v) is 2.78. The van der Waals surface area contributed by atoms with Crippen molar-refractivity contribution in [1.82, 2.24) is 5.32 Å². The summed E-state index contributed by atoms with van der Waals surface area (Å²) in [6, 6.07) is 4.32. The summed E-state index contributed by atoms with van der Waals surface area (Å²) in [4.78, 5) is 11.4. The largest absolute Gasteiger partial charge is 0.352 e. The van der Waals surface area contributed by atoms with E-state index in [1.807, 2.05) is 6.92 Å². The van der Waals surface area contributed by atoms with Gasteiger partial charge >= 0.3 is 0 Å². The molecule has 0 heterocycles. The molecule has 1 aromatic rings. The van der Waals surface area contributed by atoms with Gasteiger partial charge < -0.3 is 5.32 Å². The molecule has 2 heteroatoms. The Labute approximate surface area is 98.1 Å². The molecule has 1 rings (SSSR count). The van der Waals surface area contributed by atoms with Crippen molar-refractivity contribution in [1.29, 1.82) is 0 Å². The molecule has 0 saturated carbocycles. The van der Waals surface area contributed by atoms with Crippen LogP contribution >= 0.6 is 0 Å². The van der Waals surface area contributed by atoms with E-state index < -0.39 is 0 Å². The summed E-state index contributed by atoms with van der Waals surface area (Å²) in [5, 5.41) is 2.96. The minimum atomic E-state index is 0.141. The summed E-state index contributed by atoms with van der Waals surface area (Å²) in [5.41, 5.74) is 5.04. The number of nitrogens with one attached hydrogen (secondary N) is 1. The number of carbonyl (C=O) groups is 1. The van der Waals surface area contributed by atoms with E-state index in [1.165, 1.54) is 22.3 Å². The first-order valence-corrected chi connectivity index (χ1v) is 5.88. The van der Waals surface area contributed by atoms with Gasteiger partial charge in [0.25, 0.3) is 0 Å². The highest BCUT2D eigenvalue weighted by Crippen LogP contribution is 2.15. The van der Waals surface area contributed by atoms with Gasteiger partial charge in [-0.05, 0) is 43.9 Å². The maximum absolute atomic E-state index is 11.4. The second kappa shape index (κ2) is 5.69.